The van der Waals surface area contributed by atoms with Gasteiger partial charge in [0, 0.05) is 10.2 Å². The molecule has 2 aromatic rings. The smallest absolute Gasteiger partial charge is 0.325 e. The average molecular weight is 400 g/mol. The fourth-order valence-electron chi connectivity index (χ4n) is 2.31. The normalized spacial score (nSPS) is 15.4. The van der Waals surface area contributed by atoms with Gasteiger partial charge < -0.3 is 10.6 Å². The number of hydrogen-bond donors (Lipinski definition) is 2. The average Bonchev–Trinajstić information content (AvgIpc) is 2.85. The van der Waals surface area contributed by atoms with Crippen molar-refractivity contribution in [1.29, 1.82) is 0 Å². The van der Waals surface area contributed by atoms with Gasteiger partial charge in [0.1, 0.15) is 12.2 Å². The van der Waals surface area contributed by atoms with E-state index in [9.17, 15) is 14.4 Å². The first-order valence-electron chi connectivity index (χ1n) is 7.48. The Balaban J connectivity index is 1.69. The molecule has 0 saturated carbocycles. The summed E-state index contributed by atoms with van der Waals surface area (Å²) in [6.07, 6.45) is 1.57. The van der Waals surface area contributed by atoms with Crippen LogP contribution in [0.2, 0.25) is 0 Å². The van der Waals surface area contributed by atoms with Gasteiger partial charge in [0.2, 0.25) is 5.91 Å². The lowest BCUT2D eigenvalue weighted by molar-refractivity contribution is -0.127. The molecular formula is C18H14BrN3O3. The minimum atomic E-state index is -0.614. The Morgan fingerprint density at radius 3 is 2.44 bits per heavy atom. The Hall–Kier alpha value is -2.93. The van der Waals surface area contributed by atoms with Crippen LogP contribution in [0.3, 0.4) is 0 Å². The SMILES string of the molecule is O=C(CN1C(=O)N/C(=C\c2ccc(Br)cc2)C1=O)Nc1ccccc1. The second-order valence-electron chi connectivity index (χ2n) is 5.35. The van der Waals surface area contributed by atoms with E-state index in [1.807, 2.05) is 18.2 Å². The largest absolute Gasteiger partial charge is 0.329 e. The monoisotopic (exact) mass is 399 g/mol. The molecule has 3 rings (SSSR count). The van der Waals surface area contributed by atoms with Crippen molar-refractivity contribution in [1.82, 2.24) is 10.2 Å². The molecule has 0 atom stereocenters. The number of hydrogen-bond acceptors (Lipinski definition) is 3. The first-order valence-corrected chi connectivity index (χ1v) is 8.27. The summed E-state index contributed by atoms with van der Waals surface area (Å²) in [6.45, 7) is -0.350. The maximum Gasteiger partial charge on any atom is 0.329 e. The minimum absolute atomic E-state index is 0.139. The van der Waals surface area contributed by atoms with Crippen molar-refractivity contribution in [2.45, 2.75) is 0 Å². The summed E-state index contributed by atoms with van der Waals surface area (Å²) in [7, 11) is 0. The molecule has 2 aromatic carbocycles. The van der Waals surface area contributed by atoms with Crippen LogP contribution in [0.5, 0.6) is 0 Å². The molecule has 1 aliphatic rings. The highest BCUT2D eigenvalue weighted by atomic mass is 79.9. The molecule has 0 radical (unpaired) electrons. The van der Waals surface area contributed by atoms with Gasteiger partial charge in [-0.1, -0.05) is 46.3 Å². The van der Waals surface area contributed by atoms with Gasteiger partial charge in [-0.2, -0.15) is 0 Å². The molecule has 1 saturated heterocycles. The van der Waals surface area contributed by atoms with Crippen LogP contribution in [0.15, 0.2) is 64.8 Å². The minimum Gasteiger partial charge on any atom is -0.325 e. The van der Waals surface area contributed by atoms with E-state index in [0.717, 1.165) is 14.9 Å². The Bertz CT molecular complexity index is 848. The summed E-state index contributed by atoms with van der Waals surface area (Å²) in [5.41, 5.74) is 1.51. The number of nitrogens with one attached hydrogen (secondary N) is 2. The van der Waals surface area contributed by atoms with Crippen LogP contribution in [0.25, 0.3) is 6.08 Å². The number of rotatable bonds is 4. The van der Waals surface area contributed by atoms with Gasteiger partial charge in [-0.15, -0.1) is 0 Å². The number of amides is 4. The number of para-hydroxylation sites is 1. The Kier molecular flexibility index (Phi) is 4.95. The number of carbonyl (C=O) groups is 3. The molecular weight excluding hydrogens is 386 g/mol. The summed E-state index contributed by atoms with van der Waals surface area (Å²) >= 11 is 3.33. The van der Waals surface area contributed by atoms with E-state index in [4.69, 9.17) is 0 Å². The molecule has 0 aliphatic carbocycles. The molecule has 7 heteroatoms. The lowest BCUT2D eigenvalue weighted by Crippen LogP contribution is -2.38. The van der Waals surface area contributed by atoms with Gasteiger partial charge in [-0.3, -0.25) is 9.59 Å². The number of halogens is 1. The van der Waals surface area contributed by atoms with Crippen LogP contribution in [0.4, 0.5) is 10.5 Å². The van der Waals surface area contributed by atoms with Crippen molar-refractivity contribution in [3.63, 3.8) is 0 Å². The number of carbonyl (C=O) groups excluding carboxylic acids is 3. The number of imide groups is 1. The third-order valence-electron chi connectivity index (χ3n) is 3.50. The summed E-state index contributed by atoms with van der Waals surface area (Å²) in [5, 5.41) is 5.14. The Morgan fingerprint density at radius 1 is 1.08 bits per heavy atom. The highest BCUT2D eigenvalue weighted by Crippen LogP contribution is 2.16. The van der Waals surface area contributed by atoms with Crippen molar-refractivity contribution >= 4 is 45.5 Å². The highest BCUT2D eigenvalue weighted by Gasteiger charge is 2.34. The number of anilines is 1. The summed E-state index contributed by atoms with van der Waals surface area (Å²) in [5.74, 6) is -0.976. The maximum atomic E-state index is 12.4. The van der Waals surface area contributed by atoms with Gasteiger partial charge >= 0.3 is 6.03 Å². The van der Waals surface area contributed by atoms with Crippen LogP contribution in [0, 0.1) is 0 Å². The van der Waals surface area contributed by atoms with Crippen molar-refractivity contribution in [2.24, 2.45) is 0 Å². The van der Waals surface area contributed by atoms with Crippen molar-refractivity contribution in [3.8, 4) is 0 Å². The topological polar surface area (TPSA) is 78.5 Å². The zero-order chi connectivity index (χ0) is 17.8. The van der Waals surface area contributed by atoms with E-state index in [2.05, 4.69) is 26.6 Å². The molecule has 126 valence electrons. The summed E-state index contributed by atoms with van der Waals surface area (Å²) in [6, 6.07) is 15.5. The molecule has 4 amide bonds. The second kappa shape index (κ2) is 7.31. The quantitative estimate of drug-likeness (QED) is 0.612. The molecule has 0 spiro atoms. The number of urea groups is 1. The van der Waals surface area contributed by atoms with Crippen LogP contribution < -0.4 is 10.6 Å². The molecule has 25 heavy (non-hydrogen) atoms. The third-order valence-corrected chi connectivity index (χ3v) is 4.03. The van der Waals surface area contributed by atoms with E-state index in [-0.39, 0.29) is 12.2 Å². The molecule has 1 heterocycles. The molecule has 1 fully saturated rings. The Labute approximate surface area is 152 Å². The zero-order valence-electron chi connectivity index (χ0n) is 13.0. The van der Waals surface area contributed by atoms with Gasteiger partial charge in [0.05, 0.1) is 0 Å². The predicted octanol–water partition coefficient (Wildman–Crippen LogP) is 2.98. The van der Waals surface area contributed by atoms with E-state index in [1.54, 1.807) is 42.5 Å². The summed E-state index contributed by atoms with van der Waals surface area (Å²) < 4.78 is 0.913. The predicted molar refractivity (Wildman–Crippen MR) is 97.4 cm³/mol. The zero-order valence-corrected chi connectivity index (χ0v) is 14.6. The van der Waals surface area contributed by atoms with Crippen molar-refractivity contribution in [2.75, 3.05) is 11.9 Å². The third kappa shape index (κ3) is 4.13. The lowest BCUT2D eigenvalue weighted by atomic mass is 10.2. The number of benzene rings is 2. The van der Waals surface area contributed by atoms with Gasteiger partial charge in [0.25, 0.3) is 5.91 Å². The van der Waals surface area contributed by atoms with E-state index in [1.165, 1.54) is 0 Å². The molecule has 0 aromatic heterocycles. The second-order valence-corrected chi connectivity index (χ2v) is 6.26. The van der Waals surface area contributed by atoms with E-state index >= 15 is 0 Å². The molecule has 1 aliphatic heterocycles. The number of nitrogens with zero attached hydrogens (tertiary/aromatic N) is 1. The van der Waals surface area contributed by atoms with Gasteiger partial charge in [0.15, 0.2) is 0 Å². The Morgan fingerprint density at radius 2 is 1.76 bits per heavy atom. The van der Waals surface area contributed by atoms with Crippen molar-refractivity contribution in [3.05, 3.63) is 70.3 Å². The van der Waals surface area contributed by atoms with Gasteiger partial charge in [-0.25, -0.2) is 9.69 Å². The fraction of sp³-hybridized carbons (Fsp3) is 0.0556. The molecule has 2 N–H and O–H groups in total. The maximum absolute atomic E-state index is 12.4. The van der Waals surface area contributed by atoms with Crippen LogP contribution >= 0.6 is 15.9 Å². The fourth-order valence-corrected chi connectivity index (χ4v) is 2.57. The summed E-state index contributed by atoms with van der Waals surface area (Å²) in [4.78, 5) is 37.3. The van der Waals surface area contributed by atoms with E-state index < -0.39 is 17.8 Å². The lowest BCUT2D eigenvalue weighted by Gasteiger charge is -2.11. The molecule has 0 bridgehead atoms. The molecule has 0 unspecified atom stereocenters. The first-order chi connectivity index (χ1) is 12.0. The van der Waals surface area contributed by atoms with Crippen LogP contribution in [-0.2, 0) is 9.59 Å². The standard InChI is InChI=1S/C18H14BrN3O3/c19-13-8-6-12(7-9-13)10-15-17(24)22(18(25)21-15)11-16(23)20-14-4-2-1-3-5-14/h1-10H,11H2,(H,20,23)(H,21,25)/b15-10-. The van der Waals surface area contributed by atoms with Gasteiger partial charge in [-0.05, 0) is 35.9 Å². The first kappa shape index (κ1) is 16.9. The van der Waals surface area contributed by atoms with Crippen molar-refractivity contribution < 1.29 is 14.4 Å². The van der Waals surface area contributed by atoms with Crippen LogP contribution in [0.1, 0.15) is 5.56 Å². The molecule has 6 nitrogen and oxygen atoms in total. The van der Waals surface area contributed by atoms with Crippen LogP contribution in [-0.4, -0.2) is 29.3 Å². The van der Waals surface area contributed by atoms with E-state index in [0.29, 0.717) is 5.69 Å². The highest BCUT2D eigenvalue weighted by molar-refractivity contribution is 9.10.